The van der Waals surface area contributed by atoms with Gasteiger partial charge in [0.05, 0.1) is 11.7 Å². The van der Waals surface area contributed by atoms with E-state index in [-0.39, 0.29) is 11.9 Å². The molecule has 2 aromatic carbocycles. The van der Waals surface area contributed by atoms with Gasteiger partial charge in [0.25, 0.3) is 5.91 Å². The number of carbonyl (C=O) groups excluding carboxylic acids is 1. The van der Waals surface area contributed by atoms with E-state index < -0.39 is 0 Å². The van der Waals surface area contributed by atoms with Crippen LogP contribution in [0, 0.1) is 12.8 Å². The predicted molar refractivity (Wildman–Crippen MR) is 109 cm³/mol. The normalized spacial score (nSPS) is 16.4. The Morgan fingerprint density at radius 1 is 1.07 bits per heavy atom. The van der Waals surface area contributed by atoms with Crippen LogP contribution < -0.4 is 0 Å². The minimum Gasteiger partial charge on any atom is -0.328 e. The van der Waals surface area contributed by atoms with Crippen LogP contribution in [0.1, 0.15) is 29.9 Å². The molecule has 0 saturated carbocycles. The van der Waals surface area contributed by atoms with Gasteiger partial charge in [-0.15, -0.1) is 5.10 Å². The van der Waals surface area contributed by atoms with E-state index in [1.54, 1.807) is 0 Å². The molecule has 0 radical (unpaired) electrons. The monoisotopic (exact) mass is 357 g/mol. The Bertz CT molecular complexity index is 1040. The van der Waals surface area contributed by atoms with Gasteiger partial charge in [0, 0.05) is 28.4 Å². The molecule has 1 amide bonds. The minimum atomic E-state index is 0.0601. The summed E-state index contributed by atoms with van der Waals surface area (Å²) in [6.07, 6.45) is 4.21. The maximum absolute atomic E-state index is 13.1. The van der Waals surface area contributed by atoms with Crippen molar-refractivity contribution in [3.05, 3.63) is 71.9 Å². The largest absolute Gasteiger partial charge is 0.328 e. The van der Waals surface area contributed by atoms with Crippen LogP contribution in [0.5, 0.6) is 0 Å². The highest BCUT2D eigenvalue weighted by molar-refractivity contribution is 5.99. The standard InChI is InChI=1S/C23H23N3O/c1-15(2)21-12-7-13-26(21)23(27)18-9-6-8-17(14-18)22-20-11-5-4-10-19(20)16(3)24-25-22/h4-12,14-15,21H,13H2,1-3H3. The zero-order valence-electron chi connectivity index (χ0n) is 15.9. The lowest BCUT2D eigenvalue weighted by atomic mass is 10.0. The first-order chi connectivity index (χ1) is 13.1. The molecule has 27 heavy (non-hydrogen) atoms. The second-order valence-electron chi connectivity index (χ2n) is 7.38. The van der Waals surface area contributed by atoms with Gasteiger partial charge in [0.2, 0.25) is 0 Å². The Morgan fingerprint density at radius 2 is 1.85 bits per heavy atom. The first-order valence-electron chi connectivity index (χ1n) is 9.36. The number of carbonyl (C=O) groups is 1. The number of rotatable bonds is 3. The minimum absolute atomic E-state index is 0.0601. The molecule has 1 unspecified atom stereocenters. The van der Waals surface area contributed by atoms with Gasteiger partial charge in [0.15, 0.2) is 0 Å². The summed E-state index contributed by atoms with van der Waals surface area (Å²) in [6, 6.07) is 16.0. The lowest BCUT2D eigenvalue weighted by molar-refractivity contribution is 0.0720. The fraction of sp³-hybridized carbons (Fsp3) is 0.261. The summed E-state index contributed by atoms with van der Waals surface area (Å²) in [5.41, 5.74) is 3.32. The predicted octanol–water partition coefficient (Wildman–Crippen LogP) is 4.64. The first-order valence-corrected chi connectivity index (χ1v) is 9.36. The fourth-order valence-corrected chi connectivity index (χ4v) is 3.76. The molecule has 1 aromatic heterocycles. The first kappa shape index (κ1) is 17.4. The molecule has 0 N–H and O–H groups in total. The number of nitrogens with zero attached hydrogens (tertiary/aromatic N) is 3. The molecule has 0 saturated heterocycles. The van der Waals surface area contributed by atoms with E-state index in [0.29, 0.717) is 18.0 Å². The topological polar surface area (TPSA) is 46.1 Å². The van der Waals surface area contributed by atoms with Crippen molar-refractivity contribution < 1.29 is 4.79 Å². The SMILES string of the molecule is Cc1nnc(-c2cccc(C(=O)N3CC=CC3C(C)C)c2)c2ccccc12. The van der Waals surface area contributed by atoms with Crippen LogP contribution in [-0.2, 0) is 0 Å². The average molecular weight is 357 g/mol. The van der Waals surface area contributed by atoms with Crippen LogP contribution in [0.25, 0.3) is 22.0 Å². The lowest BCUT2D eigenvalue weighted by Gasteiger charge is -2.27. The molecule has 1 aliphatic rings. The molecule has 0 aliphatic carbocycles. The molecule has 4 heteroatoms. The summed E-state index contributed by atoms with van der Waals surface area (Å²) in [5, 5.41) is 10.9. The summed E-state index contributed by atoms with van der Waals surface area (Å²) < 4.78 is 0. The van der Waals surface area contributed by atoms with Crippen LogP contribution in [0.4, 0.5) is 0 Å². The smallest absolute Gasteiger partial charge is 0.254 e. The number of aryl methyl sites for hydroxylation is 1. The lowest BCUT2D eigenvalue weighted by Crippen LogP contribution is -2.39. The molecule has 136 valence electrons. The van der Waals surface area contributed by atoms with Crippen LogP contribution in [-0.4, -0.2) is 33.6 Å². The van der Waals surface area contributed by atoms with Crippen LogP contribution in [0.3, 0.4) is 0 Å². The van der Waals surface area contributed by atoms with E-state index >= 15 is 0 Å². The van der Waals surface area contributed by atoms with Gasteiger partial charge < -0.3 is 4.90 Å². The third-order valence-corrected chi connectivity index (χ3v) is 5.19. The number of hydrogen-bond acceptors (Lipinski definition) is 3. The second kappa shape index (κ2) is 6.95. The number of aromatic nitrogens is 2. The van der Waals surface area contributed by atoms with Crippen molar-refractivity contribution in [1.29, 1.82) is 0 Å². The van der Waals surface area contributed by atoms with E-state index in [1.807, 2.05) is 48.2 Å². The Morgan fingerprint density at radius 3 is 2.63 bits per heavy atom. The van der Waals surface area contributed by atoms with E-state index in [4.69, 9.17) is 0 Å². The van der Waals surface area contributed by atoms with Gasteiger partial charge in [-0.1, -0.05) is 62.4 Å². The highest BCUT2D eigenvalue weighted by Gasteiger charge is 2.28. The molecular weight excluding hydrogens is 334 g/mol. The van der Waals surface area contributed by atoms with Crippen molar-refractivity contribution in [3.8, 4) is 11.3 Å². The van der Waals surface area contributed by atoms with E-state index in [9.17, 15) is 4.79 Å². The zero-order valence-corrected chi connectivity index (χ0v) is 15.9. The maximum atomic E-state index is 13.1. The molecule has 2 heterocycles. The Kier molecular flexibility index (Phi) is 4.48. The van der Waals surface area contributed by atoms with Gasteiger partial charge in [-0.25, -0.2) is 0 Å². The molecule has 0 spiro atoms. The highest BCUT2D eigenvalue weighted by Crippen LogP contribution is 2.29. The molecule has 1 atom stereocenters. The summed E-state index contributed by atoms with van der Waals surface area (Å²) in [5.74, 6) is 0.452. The van der Waals surface area contributed by atoms with Gasteiger partial charge in [-0.05, 0) is 25.0 Å². The summed E-state index contributed by atoms with van der Waals surface area (Å²) in [4.78, 5) is 15.0. The summed E-state index contributed by atoms with van der Waals surface area (Å²) in [6.45, 7) is 6.92. The van der Waals surface area contributed by atoms with Crippen LogP contribution in [0.2, 0.25) is 0 Å². The summed E-state index contributed by atoms with van der Waals surface area (Å²) >= 11 is 0. The quantitative estimate of drug-likeness (QED) is 0.642. The van der Waals surface area contributed by atoms with Gasteiger partial charge in [-0.3, -0.25) is 4.79 Å². The van der Waals surface area contributed by atoms with Gasteiger partial charge >= 0.3 is 0 Å². The van der Waals surface area contributed by atoms with E-state index in [0.717, 1.165) is 27.7 Å². The maximum Gasteiger partial charge on any atom is 0.254 e. The molecule has 4 nitrogen and oxygen atoms in total. The van der Waals surface area contributed by atoms with Crippen LogP contribution >= 0.6 is 0 Å². The third kappa shape index (κ3) is 3.12. The van der Waals surface area contributed by atoms with Crippen molar-refractivity contribution in [2.75, 3.05) is 6.54 Å². The molecule has 0 bridgehead atoms. The van der Waals surface area contributed by atoms with Crippen molar-refractivity contribution in [3.63, 3.8) is 0 Å². The fourth-order valence-electron chi connectivity index (χ4n) is 3.76. The molecule has 1 aliphatic heterocycles. The Balaban J connectivity index is 1.74. The van der Waals surface area contributed by atoms with Gasteiger partial charge in [-0.2, -0.15) is 5.10 Å². The Hall–Kier alpha value is -3.01. The number of amides is 1. The number of fused-ring (bicyclic) bond motifs is 1. The van der Waals surface area contributed by atoms with Crippen molar-refractivity contribution in [2.45, 2.75) is 26.8 Å². The van der Waals surface area contributed by atoms with E-state index in [1.165, 1.54) is 0 Å². The second-order valence-corrected chi connectivity index (χ2v) is 7.38. The van der Waals surface area contributed by atoms with Crippen molar-refractivity contribution in [2.24, 2.45) is 5.92 Å². The highest BCUT2D eigenvalue weighted by atomic mass is 16.2. The number of hydrogen-bond donors (Lipinski definition) is 0. The van der Waals surface area contributed by atoms with Gasteiger partial charge in [0.1, 0.15) is 5.69 Å². The third-order valence-electron chi connectivity index (χ3n) is 5.19. The molecule has 3 aromatic rings. The molecule has 0 fully saturated rings. The van der Waals surface area contributed by atoms with Crippen molar-refractivity contribution in [1.82, 2.24) is 15.1 Å². The number of benzene rings is 2. The average Bonchev–Trinajstić information content (AvgIpc) is 3.18. The van der Waals surface area contributed by atoms with E-state index in [2.05, 4.69) is 48.3 Å². The molecule has 4 rings (SSSR count). The zero-order chi connectivity index (χ0) is 19.0. The van der Waals surface area contributed by atoms with Crippen LogP contribution in [0.15, 0.2) is 60.7 Å². The van der Waals surface area contributed by atoms with Crippen molar-refractivity contribution >= 4 is 16.7 Å². The summed E-state index contributed by atoms with van der Waals surface area (Å²) in [7, 11) is 0. The Labute approximate surface area is 159 Å². The molecular formula is C23H23N3O.